The molecule has 2 aliphatic carbocycles. The molecule has 2 aliphatic rings. The quantitative estimate of drug-likeness (QED) is 0.805. The van der Waals surface area contributed by atoms with E-state index >= 15 is 0 Å². The molecule has 2 aromatic carbocycles. The van der Waals surface area contributed by atoms with Crippen molar-refractivity contribution in [3.63, 3.8) is 0 Å². The standard InChI is InChI=1S/C19H20BrN/c20-17-6-3-7-18(12-17)21-19-15-8-9-16(19)11-14-5-2-1-4-13(14)10-15/h1-7,12,15-16,19,21H,8-11H2. The van der Waals surface area contributed by atoms with E-state index in [4.69, 9.17) is 0 Å². The molecular weight excluding hydrogens is 322 g/mol. The maximum absolute atomic E-state index is 3.83. The van der Waals surface area contributed by atoms with Crippen LogP contribution in [0, 0.1) is 11.8 Å². The minimum absolute atomic E-state index is 0.617. The van der Waals surface area contributed by atoms with Crippen molar-refractivity contribution in [1.29, 1.82) is 0 Å². The molecule has 0 radical (unpaired) electrons. The molecule has 0 aromatic heterocycles. The van der Waals surface area contributed by atoms with Gasteiger partial charge in [0.05, 0.1) is 0 Å². The summed E-state index contributed by atoms with van der Waals surface area (Å²) in [4.78, 5) is 0. The van der Waals surface area contributed by atoms with Crippen LogP contribution in [0.25, 0.3) is 0 Å². The molecule has 1 saturated carbocycles. The van der Waals surface area contributed by atoms with E-state index < -0.39 is 0 Å². The number of halogens is 1. The Morgan fingerprint density at radius 2 is 1.52 bits per heavy atom. The van der Waals surface area contributed by atoms with Gasteiger partial charge in [0.1, 0.15) is 0 Å². The Morgan fingerprint density at radius 3 is 2.14 bits per heavy atom. The lowest BCUT2D eigenvalue weighted by Crippen LogP contribution is -2.30. The van der Waals surface area contributed by atoms with Crippen LogP contribution in [0.4, 0.5) is 5.69 Å². The predicted octanol–water partition coefficient (Wildman–Crippen LogP) is 5.05. The Morgan fingerprint density at radius 1 is 0.857 bits per heavy atom. The summed E-state index contributed by atoms with van der Waals surface area (Å²) >= 11 is 3.57. The van der Waals surface area contributed by atoms with Gasteiger partial charge >= 0.3 is 0 Å². The van der Waals surface area contributed by atoms with Crippen LogP contribution in [0.3, 0.4) is 0 Å². The molecule has 0 heterocycles. The van der Waals surface area contributed by atoms with E-state index in [1.54, 1.807) is 11.1 Å². The number of fused-ring (bicyclic) bond motifs is 3. The average molecular weight is 342 g/mol. The maximum Gasteiger partial charge on any atom is 0.0353 e. The van der Waals surface area contributed by atoms with Crippen molar-refractivity contribution in [2.75, 3.05) is 5.32 Å². The first-order valence-electron chi connectivity index (χ1n) is 7.88. The third-order valence-corrected chi connectivity index (χ3v) is 5.66. The van der Waals surface area contributed by atoms with Crippen molar-refractivity contribution in [2.24, 2.45) is 11.8 Å². The van der Waals surface area contributed by atoms with E-state index in [0.717, 1.165) is 16.3 Å². The molecule has 0 aliphatic heterocycles. The molecule has 2 aromatic rings. The van der Waals surface area contributed by atoms with Gasteiger partial charge in [-0.15, -0.1) is 0 Å². The molecule has 2 bridgehead atoms. The van der Waals surface area contributed by atoms with Gasteiger partial charge in [-0.1, -0.05) is 46.3 Å². The number of nitrogens with one attached hydrogen (secondary N) is 1. The fourth-order valence-electron chi connectivity index (χ4n) is 4.16. The first kappa shape index (κ1) is 13.4. The monoisotopic (exact) mass is 341 g/mol. The van der Waals surface area contributed by atoms with Crippen molar-refractivity contribution in [3.8, 4) is 0 Å². The molecule has 1 nitrogen and oxygen atoms in total. The van der Waals surface area contributed by atoms with Crippen LogP contribution in [0.15, 0.2) is 53.0 Å². The van der Waals surface area contributed by atoms with Crippen LogP contribution in [-0.4, -0.2) is 6.04 Å². The first-order chi connectivity index (χ1) is 10.3. The Kier molecular flexibility index (Phi) is 3.50. The lowest BCUT2D eigenvalue weighted by Gasteiger charge is -2.25. The number of benzene rings is 2. The molecule has 21 heavy (non-hydrogen) atoms. The topological polar surface area (TPSA) is 12.0 Å². The molecule has 0 spiro atoms. The maximum atomic E-state index is 3.83. The molecule has 4 rings (SSSR count). The molecule has 2 heteroatoms. The molecule has 108 valence electrons. The Labute approximate surface area is 134 Å². The zero-order valence-electron chi connectivity index (χ0n) is 12.1. The van der Waals surface area contributed by atoms with Gasteiger partial charge in [0.2, 0.25) is 0 Å². The van der Waals surface area contributed by atoms with Crippen LogP contribution < -0.4 is 5.32 Å². The lowest BCUT2D eigenvalue weighted by molar-refractivity contribution is 0.450. The van der Waals surface area contributed by atoms with Crippen molar-refractivity contribution >= 4 is 21.6 Å². The van der Waals surface area contributed by atoms with E-state index in [9.17, 15) is 0 Å². The van der Waals surface area contributed by atoms with E-state index in [1.807, 2.05) is 0 Å². The van der Waals surface area contributed by atoms with E-state index in [0.29, 0.717) is 6.04 Å². The fraction of sp³-hybridized carbons (Fsp3) is 0.368. The number of hydrogen-bond donors (Lipinski definition) is 1. The van der Waals surface area contributed by atoms with E-state index in [2.05, 4.69) is 69.8 Å². The summed E-state index contributed by atoms with van der Waals surface area (Å²) in [5.74, 6) is 1.55. The number of rotatable bonds is 2. The lowest BCUT2D eigenvalue weighted by atomic mass is 9.94. The van der Waals surface area contributed by atoms with Gasteiger partial charge in [0.25, 0.3) is 0 Å². The minimum Gasteiger partial charge on any atom is -0.382 e. The van der Waals surface area contributed by atoms with Gasteiger partial charge < -0.3 is 5.32 Å². The van der Waals surface area contributed by atoms with Gasteiger partial charge in [0, 0.05) is 16.2 Å². The molecular formula is C19H20BrN. The highest BCUT2D eigenvalue weighted by atomic mass is 79.9. The Balaban J connectivity index is 1.60. The molecule has 1 fully saturated rings. The van der Waals surface area contributed by atoms with Crippen LogP contribution in [0.5, 0.6) is 0 Å². The van der Waals surface area contributed by atoms with Crippen LogP contribution in [-0.2, 0) is 12.8 Å². The summed E-state index contributed by atoms with van der Waals surface area (Å²) in [5, 5.41) is 3.83. The molecule has 2 atom stereocenters. The predicted molar refractivity (Wildman–Crippen MR) is 91.6 cm³/mol. The molecule has 1 N–H and O–H groups in total. The largest absolute Gasteiger partial charge is 0.382 e. The summed E-state index contributed by atoms with van der Waals surface area (Å²) < 4.78 is 1.15. The van der Waals surface area contributed by atoms with Crippen LogP contribution in [0.1, 0.15) is 24.0 Å². The van der Waals surface area contributed by atoms with Gasteiger partial charge in [-0.25, -0.2) is 0 Å². The van der Waals surface area contributed by atoms with Crippen LogP contribution >= 0.6 is 15.9 Å². The summed E-state index contributed by atoms with van der Waals surface area (Å²) in [6.07, 6.45) is 5.20. The normalized spacial score (nSPS) is 27.0. The summed E-state index contributed by atoms with van der Waals surface area (Å²) in [7, 11) is 0. The molecule has 0 saturated heterocycles. The zero-order valence-corrected chi connectivity index (χ0v) is 13.6. The van der Waals surface area contributed by atoms with Gasteiger partial charge in [-0.3, -0.25) is 0 Å². The van der Waals surface area contributed by atoms with Crippen molar-refractivity contribution in [1.82, 2.24) is 0 Å². The highest BCUT2D eigenvalue weighted by Crippen LogP contribution is 2.41. The smallest absolute Gasteiger partial charge is 0.0353 e. The Hall–Kier alpha value is -1.28. The Bertz CT molecular complexity index is 619. The second kappa shape index (κ2) is 5.49. The summed E-state index contributed by atoms with van der Waals surface area (Å²) in [6.45, 7) is 0. The second-order valence-corrected chi connectivity index (χ2v) is 7.37. The number of anilines is 1. The average Bonchev–Trinajstić information content (AvgIpc) is 2.75. The van der Waals surface area contributed by atoms with E-state index in [1.165, 1.54) is 31.4 Å². The minimum atomic E-state index is 0.617. The van der Waals surface area contributed by atoms with Gasteiger partial charge in [0.15, 0.2) is 0 Å². The van der Waals surface area contributed by atoms with Crippen molar-refractivity contribution in [3.05, 3.63) is 64.1 Å². The molecule has 0 amide bonds. The van der Waals surface area contributed by atoms with Crippen molar-refractivity contribution < 1.29 is 0 Å². The molecule has 2 unspecified atom stereocenters. The fourth-order valence-corrected chi connectivity index (χ4v) is 4.56. The third kappa shape index (κ3) is 2.62. The highest BCUT2D eigenvalue weighted by Gasteiger charge is 2.38. The van der Waals surface area contributed by atoms with E-state index in [-0.39, 0.29) is 0 Å². The first-order valence-corrected chi connectivity index (χ1v) is 8.68. The van der Waals surface area contributed by atoms with Gasteiger partial charge in [-0.05, 0) is 66.8 Å². The van der Waals surface area contributed by atoms with Crippen molar-refractivity contribution in [2.45, 2.75) is 31.7 Å². The summed E-state index contributed by atoms with van der Waals surface area (Å²) in [6, 6.07) is 18.2. The SMILES string of the molecule is Brc1cccc(NC2C3CCC2Cc2ccccc2C3)c1. The second-order valence-electron chi connectivity index (χ2n) is 6.45. The summed E-state index contributed by atoms with van der Waals surface area (Å²) in [5.41, 5.74) is 4.40. The zero-order chi connectivity index (χ0) is 14.2. The third-order valence-electron chi connectivity index (χ3n) is 5.16. The highest BCUT2D eigenvalue weighted by molar-refractivity contribution is 9.10. The number of hydrogen-bond acceptors (Lipinski definition) is 1. The van der Waals surface area contributed by atoms with Gasteiger partial charge in [-0.2, -0.15) is 0 Å². The van der Waals surface area contributed by atoms with Crippen LogP contribution in [0.2, 0.25) is 0 Å².